The molecule has 1 saturated carbocycles. The first-order valence-corrected chi connectivity index (χ1v) is 5.57. The second-order valence-corrected chi connectivity index (χ2v) is 4.72. The average Bonchev–Trinajstić information content (AvgIpc) is 1.98. The molecular weight excluding hydrogens is 194 g/mol. The lowest BCUT2D eigenvalue weighted by atomic mass is 9.77. The summed E-state index contributed by atoms with van der Waals surface area (Å²) in [5, 5.41) is 0.801. The van der Waals surface area contributed by atoms with Crippen LogP contribution in [0.5, 0.6) is 0 Å². The zero-order valence-corrected chi connectivity index (χ0v) is 9.22. The van der Waals surface area contributed by atoms with Crippen molar-refractivity contribution in [3.8, 4) is 0 Å². The highest BCUT2D eigenvalue weighted by molar-refractivity contribution is 6.30. The maximum Gasteiger partial charge on any atom is 0.0411 e. The summed E-state index contributed by atoms with van der Waals surface area (Å²) in [7, 11) is 0. The van der Waals surface area contributed by atoms with Crippen LogP contribution in [-0.4, -0.2) is 0 Å². The van der Waals surface area contributed by atoms with Crippen molar-refractivity contribution in [1.82, 2.24) is 0 Å². The lowest BCUT2D eigenvalue weighted by Gasteiger charge is -2.31. The Morgan fingerprint density at radius 3 is 2.57 bits per heavy atom. The van der Waals surface area contributed by atoms with E-state index in [1.807, 2.05) is 12.1 Å². The van der Waals surface area contributed by atoms with E-state index in [0.717, 1.165) is 5.02 Å². The molecule has 0 saturated heterocycles. The number of halogens is 1. The molecule has 1 aliphatic carbocycles. The van der Waals surface area contributed by atoms with Crippen LogP contribution < -0.4 is 5.73 Å². The molecule has 1 aromatic rings. The van der Waals surface area contributed by atoms with Crippen molar-refractivity contribution in [2.75, 3.05) is 0 Å². The SMILES string of the molecule is Cc1cc(Cl)cc([C@H](N)C2CCC2)c1. The van der Waals surface area contributed by atoms with Gasteiger partial charge in [-0.1, -0.05) is 24.1 Å². The van der Waals surface area contributed by atoms with Gasteiger partial charge in [-0.05, 0) is 48.9 Å². The molecule has 2 N–H and O–H groups in total. The van der Waals surface area contributed by atoms with E-state index in [1.54, 1.807) is 0 Å². The first-order valence-electron chi connectivity index (χ1n) is 5.19. The summed E-state index contributed by atoms with van der Waals surface area (Å²) in [5.74, 6) is 0.674. The van der Waals surface area contributed by atoms with Crippen molar-refractivity contribution in [2.45, 2.75) is 32.2 Å². The van der Waals surface area contributed by atoms with Gasteiger partial charge in [0.1, 0.15) is 0 Å². The van der Waals surface area contributed by atoms with Gasteiger partial charge in [0.15, 0.2) is 0 Å². The highest BCUT2D eigenvalue weighted by Gasteiger charge is 2.25. The number of hydrogen-bond donors (Lipinski definition) is 1. The summed E-state index contributed by atoms with van der Waals surface area (Å²) in [6, 6.07) is 6.30. The Morgan fingerprint density at radius 2 is 2.07 bits per heavy atom. The van der Waals surface area contributed by atoms with Crippen molar-refractivity contribution >= 4 is 11.6 Å². The van der Waals surface area contributed by atoms with E-state index in [1.165, 1.54) is 30.4 Å². The van der Waals surface area contributed by atoms with E-state index in [9.17, 15) is 0 Å². The van der Waals surface area contributed by atoms with E-state index in [4.69, 9.17) is 17.3 Å². The van der Waals surface area contributed by atoms with E-state index < -0.39 is 0 Å². The molecule has 1 atom stereocenters. The van der Waals surface area contributed by atoms with Gasteiger partial charge in [-0.25, -0.2) is 0 Å². The van der Waals surface area contributed by atoms with Crippen molar-refractivity contribution in [3.63, 3.8) is 0 Å². The highest BCUT2D eigenvalue weighted by atomic mass is 35.5. The molecule has 76 valence electrons. The van der Waals surface area contributed by atoms with Crippen molar-refractivity contribution < 1.29 is 0 Å². The monoisotopic (exact) mass is 209 g/mol. The van der Waals surface area contributed by atoms with Gasteiger partial charge in [0, 0.05) is 11.1 Å². The molecule has 1 nitrogen and oxygen atoms in total. The molecule has 0 aliphatic heterocycles. The Hall–Kier alpha value is -0.530. The van der Waals surface area contributed by atoms with Gasteiger partial charge in [-0.15, -0.1) is 0 Å². The summed E-state index contributed by atoms with van der Waals surface area (Å²) in [4.78, 5) is 0. The third-order valence-corrected chi connectivity index (χ3v) is 3.33. The van der Waals surface area contributed by atoms with Crippen LogP contribution in [0.4, 0.5) is 0 Å². The molecule has 1 aromatic carbocycles. The smallest absolute Gasteiger partial charge is 0.0411 e. The molecule has 0 amide bonds. The first-order chi connectivity index (χ1) is 6.66. The Labute approximate surface area is 90.3 Å². The average molecular weight is 210 g/mol. The Kier molecular flexibility index (Phi) is 2.80. The van der Waals surface area contributed by atoms with Crippen LogP contribution in [0, 0.1) is 12.8 Å². The summed E-state index contributed by atoms with van der Waals surface area (Å²) in [5.41, 5.74) is 8.57. The number of aryl methyl sites for hydroxylation is 1. The van der Waals surface area contributed by atoms with Crippen LogP contribution >= 0.6 is 11.6 Å². The standard InChI is InChI=1S/C12H16ClN/c1-8-5-10(7-11(13)6-8)12(14)9-3-2-4-9/h5-7,9,12H,2-4,14H2,1H3/t12-/m1/s1. The largest absolute Gasteiger partial charge is 0.324 e. The van der Waals surface area contributed by atoms with Gasteiger partial charge in [-0.3, -0.25) is 0 Å². The maximum atomic E-state index is 6.18. The normalized spacial score (nSPS) is 19.1. The van der Waals surface area contributed by atoms with Crippen LogP contribution in [-0.2, 0) is 0 Å². The predicted octanol–water partition coefficient (Wildman–Crippen LogP) is 3.45. The number of nitrogens with two attached hydrogens (primary N) is 1. The quantitative estimate of drug-likeness (QED) is 0.794. The second-order valence-electron chi connectivity index (χ2n) is 4.28. The molecule has 0 unspecified atom stereocenters. The van der Waals surface area contributed by atoms with Crippen molar-refractivity contribution in [1.29, 1.82) is 0 Å². The lowest BCUT2D eigenvalue weighted by molar-refractivity contribution is 0.264. The number of benzene rings is 1. The van der Waals surface area contributed by atoms with Crippen LogP contribution in [0.15, 0.2) is 18.2 Å². The Bertz CT molecular complexity index is 311. The topological polar surface area (TPSA) is 26.0 Å². The maximum absolute atomic E-state index is 6.18. The van der Waals surface area contributed by atoms with Gasteiger partial charge in [0.25, 0.3) is 0 Å². The minimum Gasteiger partial charge on any atom is -0.324 e. The molecule has 2 rings (SSSR count). The number of hydrogen-bond acceptors (Lipinski definition) is 1. The minimum absolute atomic E-state index is 0.182. The molecule has 1 fully saturated rings. The van der Waals surface area contributed by atoms with Gasteiger partial charge in [0.05, 0.1) is 0 Å². The van der Waals surface area contributed by atoms with Gasteiger partial charge < -0.3 is 5.73 Å². The lowest BCUT2D eigenvalue weighted by Crippen LogP contribution is -2.26. The molecular formula is C12H16ClN. The zero-order chi connectivity index (χ0) is 10.1. The van der Waals surface area contributed by atoms with Crippen molar-refractivity contribution in [2.24, 2.45) is 11.7 Å². The molecule has 1 aliphatic rings. The summed E-state index contributed by atoms with van der Waals surface area (Å²) >= 11 is 6.00. The summed E-state index contributed by atoms with van der Waals surface area (Å²) < 4.78 is 0. The molecule has 0 bridgehead atoms. The predicted molar refractivity (Wildman–Crippen MR) is 60.5 cm³/mol. The van der Waals surface area contributed by atoms with Crippen LogP contribution in [0.25, 0.3) is 0 Å². The Morgan fingerprint density at radius 1 is 1.36 bits per heavy atom. The molecule has 14 heavy (non-hydrogen) atoms. The van der Waals surface area contributed by atoms with Crippen molar-refractivity contribution in [3.05, 3.63) is 34.3 Å². The fourth-order valence-corrected chi connectivity index (χ4v) is 2.33. The number of rotatable bonds is 2. The zero-order valence-electron chi connectivity index (χ0n) is 8.46. The third-order valence-electron chi connectivity index (χ3n) is 3.11. The van der Waals surface area contributed by atoms with Gasteiger partial charge in [0.2, 0.25) is 0 Å². The van der Waals surface area contributed by atoms with Gasteiger partial charge in [-0.2, -0.15) is 0 Å². The van der Waals surface area contributed by atoms with E-state index in [2.05, 4.69) is 13.0 Å². The molecule has 0 spiro atoms. The Balaban J connectivity index is 2.21. The third kappa shape index (κ3) is 1.94. The summed E-state index contributed by atoms with van der Waals surface area (Å²) in [6.07, 6.45) is 3.87. The molecule has 0 aromatic heterocycles. The second kappa shape index (κ2) is 3.92. The van der Waals surface area contributed by atoms with Gasteiger partial charge >= 0.3 is 0 Å². The fraction of sp³-hybridized carbons (Fsp3) is 0.500. The fourth-order valence-electron chi connectivity index (χ4n) is 2.03. The summed E-state index contributed by atoms with van der Waals surface area (Å²) in [6.45, 7) is 2.06. The van der Waals surface area contributed by atoms with E-state index >= 15 is 0 Å². The highest BCUT2D eigenvalue weighted by Crippen LogP contribution is 2.36. The first kappa shape index (κ1) is 10.0. The van der Waals surface area contributed by atoms with E-state index in [0.29, 0.717) is 5.92 Å². The molecule has 2 heteroatoms. The van der Waals surface area contributed by atoms with E-state index in [-0.39, 0.29) is 6.04 Å². The molecule has 0 heterocycles. The van der Waals surface area contributed by atoms with Crippen LogP contribution in [0.3, 0.4) is 0 Å². The minimum atomic E-state index is 0.182. The van der Waals surface area contributed by atoms with Crippen LogP contribution in [0.2, 0.25) is 5.02 Å². The van der Waals surface area contributed by atoms with Crippen LogP contribution in [0.1, 0.15) is 36.4 Å². The molecule has 0 radical (unpaired) electrons.